The number of nitrogens with two attached hydrogens (primary N) is 1. The summed E-state index contributed by atoms with van der Waals surface area (Å²) in [6.07, 6.45) is 6.47. The maximum absolute atomic E-state index is 8.99. The molecule has 20 heavy (non-hydrogen) atoms. The van der Waals surface area contributed by atoms with Gasteiger partial charge in [0.05, 0.1) is 0 Å². The molecule has 6 nitrogen and oxygen atoms in total. The van der Waals surface area contributed by atoms with Gasteiger partial charge in [0, 0.05) is 19.1 Å². The lowest BCUT2D eigenvalue weighted by Crippen LogP contribution is -2.51. The van der Waals surface area contributed by atoms with E-state index in [-0.39, 0.29) is 5.17 Å². The monoisotopic (exact) mass is 320 g/mol. The summed E-state index contributed by atoms with van der Waals surface area (Å²) in [5.74, 6) is 0. The second kappa shape index (κ2) is 9.28. The minimum absolute atomic E-state index is 0.114. The summed E-state index contributed by atoms with van der Waals surface area (Å²) in [6, 6.07) is 0.741. The molecule has 0 aromatic heterocycles. The van der Waals surface area contributed by atoms with Gasteiger partial charge < -0.3 is 20.8 Å². The van der Waals surface area contributed by atoms with Crippen molar-refractivity contribution < 1.29 is 10.2 Å². The topological polar surface area (TPSA) is 85.0 Å². The standard InChI is InChI=1S/C11H21N3OS.CH3NOS/c15-11(16)12-14-8-4-10(5-9-14)13-6-2-1-3-7-13;2-1(3)4/h10H,1-9H2,(H2,12,15,16);(H3,2,3,4). The zero-order valence-electron chi connectivity index (χ0n) is 11.6. The zero-order valence-corrected chi connectivity index (χ0v) is 13.3. The lowest BCUT2D eigenvalue weighted by atomic mass is 10.0. The van der Waals surface area contributed by atoms with E-state index in [1.54, 1.807) is 0 Å². The summed E-state index contributed by atoms with van der Waals surface area (Å²) < 4.78 is 0. The van der Waals surface area contributed by atoms with E-state index in [0.717, 1.165) is 19.1 Å². The smallest absolute Gasteiger partial charge is 0.269 e. The van der Waals surface area contributed by atoms with Crippen LogP contribution in [0.4, 0.5) is 0 Å². The Kier molecular flexibility index (Phi) is 8.05. The highest BCUT2D eigenvalue weighted by atomic mass is 32.1. The van der Waals surface area contributed by atoms with Gasteiger partial charge in [-0.25, -0.2) is 5.01 Å². The molecule has 0 unspecified atom stereocenters. The van der Waals surface area contributed by atoms with E-state index in [1.165, 1.54) is 45.2 Å². The summed E-state index contributed by atoms with van der Waals surface area (Å²) in [7, 11) is 0. The summed E-state index contributed by atoms with van der Waals surface area (Å²) in [5.41, 5.74) is 7.21. The van der Waals surface area contributed by atoms with E-state index >= 15 is 0 Å². The van der Waals surface area contributed by atoms with Crippen LogP contribution in [-0.2, 0) is 0 Å². The first-order valence-electron chi connectivity index (χ1n) is 6.96. The van der Waals surface area contributed by atoms with Crippen molar-refractivity contribution >= 4 is 34.8 Å². The van der Waals surface area contributed by atoms with Gasteiger partial charge >= 0.3 is 0 Å². The summed E-state index contributed by atoms with van der Waals surface area (Å²) >= 11 is 8.49. The second-order valence-electron chi connectivity index (χ2n) is 5.07. The van der Waals surface area contributed by atoms with Gasteiger partial charge in [-0.1, -0.05) is 6.42 Å². The molecular weight excluding hydrogens is 296 g/mol. The van der Waals surface area contributed by atoms with Gasteiger partial charge in [0.25, 0.3) is 10.3 Å². The van der Waals surface area contributed by atoms with E-state index in [0.29, 0.717) is 0 Å². The van der Waals surface area contributed by atoms with E-state index in [1.807, 2.05) is 5.01 Å². The summed E-state index contributed by atoms with van der Waals surface area (Å²) in [4.78, 5) is 2.64. The number of thiocarbonyl (C=S) groups is 2. The van der Waals surface area contributed by atoms with Crippen molar-refractivity contribution in [2.24, 2.45) is 5.73 Å². The second-order valence-corrected chi connectivity index (χ2v) is 5.88. The summed E-state index contributed by atoms with van der Waals surface area (Å²) in [6.45, 7) is 4.50. The van der Waals surface area contributed by atoms with Crippen molar-refractivity contribution in [2.45, 2.75) is 38.1 Å². The SMILES string of the molecule is NC(O)=S.OC(=S)NN1CCC(N2CCCCC2)CC1. The minimum Gasteiger partial charge on any atom is -0.487 e. The van der Waals surface area contributed by atoms with Gasteiger partial charge in [0.15, 0.2) is 0 Å². The molecule has 0 amide bonds. The number of hydrazine groups is 1. The van der Waals surface area contributed by atoms with Crippen LogP contribution >= 0.6 is 24.4 Å². The molecule has 0 saturated carbocycles. The minimum atomic E-state index is -0.500. The van der Waals surface area contributed by atoms with Crippen LogP contribution in [0.2, 0.25) is 0 Å². The zero-order chi connectivity index (χ0) is 15.0. The summed E-state index contributed by atoms with van der Waals surface area (Å²) in [5, 5.41) is 18.0. The molecule has 2 aliphatic rings. The predicted octanol–water partition coefficient (Wildman–Crippen LogP) is 1.07. The third-order valence-electron chi connectivity index (χ3n) is 3.63. The van der Waals surface area contributed by atoms with Gasteiger partial charge in [-0.3, -0.25) is 5.43 Å². The normalized spacial score (nSPS) is 21.6. The Labute approximate surface area is 130 Å². The molecule has 0 spiro atoms. The van der Waals surface area contributed by atoms with Gasteiger partial charge in [-0.2, -0.15) is 0 Å². The van der Waals surface area contributed by atoms with Crippen LogP contribution < -0.4 is 11.2 Å². The van der Waals surface area contributed by atoms with Crippen molar-refractivity contribution in [1.82, 2.24) is 15.3 Å². The Balaban J connectivity index is 0.000000444. The molecule has 8 heteroatoms. The lowest BCUT2D eigenvalue weighted by molar-refractivity contribution is 0.0787. The average Bonchev–Trinajstić information content (AvgIpc) is 2.39. The first kappa shape index (κ1) is 17.4. The van der Waals surface area contributed by atoms with Crippen LogP contribution in [0.25, 0.3) is 0 Å². The number of hydrogen-bond donors (Lipinski definition) is 4. The molecule has 2 fully saturated rings. The number of rotatable bonds is 2. The molecule has 2 rings (SSSR count). The average molecular weight is 320 g/mol. The molecule has 116 valence electrons. The molecular formula is C12H24N4O2S2. The molecule has 0 aromatic rings. The molecule has 0 atom stereocenters. The number of nitrogens with one attached hydrogen (secondary N) is 1. The Morgan fingerprint density at radius 3 is 1.95 bits per heavy atom. The van der Waals surface area contributed by atoms with Crippen LogP contribution in [0.3, 0.4) is 0 Å². The molecule has 2 heterocycles. The van der Waals surface area contributed by atoms with Crippen LogP contribution in [0.1, 0.15) is 32.1 Å². The molecule has 2 aliphatic heterocycles. The molecule has 0 aliphatic carbocycles. The molecule has 5 N–H and O–H groups in total. The predicted molar refractivity (Wildman–Crippen MR) is 87.8 cm³/mol. The highest BCUT2D eigenvalue weighted by Crippen LogP contribution is 2.19. The molecule has 0 aromatic carbocycles. The van der Waals surface area contributed by atoms with E-state index < -0.39 is 5.17 Å². The Morgan fingerprint density at radius 1 is 1.00 bits per heavy atom. The van der Waals surface area contributed by atoms with Crippen LogP contribution in [0, 0.1) is 0 Å². The quantitative estimate of drug-likeness (QED) is 0.562. The van der Waals surface area contributed by atoms with E-state index in [4.69, 9.17) is 10.2 Å². The van der Waals surface area contributed by atoms with Gasteiger partial charge in [-0.15, -0.1) is 0 Å². The highest BCUT2D eigenvalue weighted by Gasteiger charge is 2.25. The highest BCUT2D eigenvalue weighted by molar-refractivity contribution is 7.80. The Bertz CT molecular complexity index is 313. The largest absolute Gasteiger partial charge is 0.487 e. The number of aliphatic hydroxyl groups is 2. The third-order valence-corrected chi connectivity index (χ3v) is 3.72. The number of aliphatic hydroxyl groups excluding tert-OH is 2. The number of likely N-dealkylation sites (tertiary alicyclic amines) is 1. The molecule has 2 saturated heterocycles. The maximum Gasteiger partial charge on any atom is 0.269 e. The number of piperidine rings is 2. The lowest BCUT2D eigenvalue weighted by Gasteiger charge is -2.40. The van der Waals surface area contributed by atoms with Crippen molar-refractivity contribution in [3.8, 4) is 0 Å². The Hall–Kier alpha value is -0.700. The fourth-order valence-electron chi connectivity index (χ4n) is 2.76. The molecule has 0 bridgehead atoms. The molecule has 0 radical (unpaired) electrons. The first-order valence-corrected chi connectivity index (χ1v) is 7.77. The van der Waals surface area contributed by atoms with Gasteiger partial charge in [0.2, 0.25) is 0 Å². The van der Waals surface area contributed by atoms with Crippen molar-refractivity contribution in [3.05, 3.63) is 0 Å². The van der Waals surface area contributed by atoms with Crippen LogP contribution in [-0.4, -0.2) is 62.7 Å². The van der Waals surface area contributed by atoms with Crippen molar-refractivity contribution in [3.63, 3.8) is 0 Å². The maximum atomic E-state index is 8.99. The Morgan fingerprint density at radius 2 is 1.50 bits per heavy atom. The first-order chi connectivity index (χ1) is 9.49. The van der Waals surface area contributed by atoms with Crippen LogP contribution in [0.15, 0.2) is 0 Å². The van der Waals surface area contributed by atoms with Crippen molar-refractivity contribution in [1.29, 1.82) is 0 Å². The van der Waals surface area contributed by atoms with Gasteiger partial charge in [0.1, 0.15) is 0 Å². The van der Waals surface area contributed by atoms with Crippen LogP contribution in [0.5, 0.6) is 0 Å². The third kappa shape index (κ3) is 7.18. The van der Waals surface area contributed by atoms with E-state index in [2.05, 4.69) is 40.5 Å². The van der Waals surface area contributed by atoms with Gasteiger partial charge in [-0.05, 0) is 63.2 Å². The fraction of sp³-hybridized carbons (Fsp3) is 0.833. The van der Waals surface area contributed by atoms with E-state index in [9.17, 15) is 0 Å². The van der Waals surface area contributed by atoms with Crippen molar-refractivity contribution in [2.75, 3.05) is 26.2 Å². The fourth-order valence-corrected chi connectivity index (χ4v) is 2.89. The number of hydrogen-bond acceptors (Lipinski definition) is 4. The number of nitrogens with zero attached hydrogens (tertiary/aromatic N) is 2.